The number of hydrogen-bond donors (Lipinski definition) is 2. The first-order valence-corrected chi connectivity index (χ1v) is 10.4. The van der Waals surface area contributed by atoms with Gasteiger partial charge in [0, 0.05) is 32.8 Å². The molecular formula is C21H33F3N4O2. The molecule has 1 saturated heterocycles. The number of guanidine groups is 1. The van der Waals surface area contributed by atoms with Crippen molar-refractivity contribution in [3.8, 4) is 5.75 Å². The Hall–Kier alpha value is -2.00. The summed E-state index contributed by atoms with van der Waals surface area (Å²) in [7, 11) is 1.63. The second-order valence-corrected chi connectivity index (χ2v) is 7.38. The number of nitrogens with one attached hydrogen (secondary N) is 2. The average molecular weight is 431 g/mol. The summed E-state index contributed by atoms with van der Waals surface area (Å²) in [4.78, 5) is 6.09. The Morgan fingerprint density at radius 2 is 2.00 bits per heavy atom. The van der Waals surface area contributed by atoms with E-state index in [-0.39, 0.29) is 5.92 Å². The summed E-state index contributed by atoms with van der Waals surface area (Å²) in [5.41, 5.74) is 1.04. The Morgan fingerprint density at radius 3 is 2.67 bits per heavy atom. The highest BCUT2D eigenvalue weighted by atomic mass is 19.4. The lowest BCUT2D eigenvalue weighted by Crippen LogP contribution is -2.41. The van der Waals surface area contributed by atoms with E-state index < -0.39 is 12.7 Å². The molecule has 0 bridgehead atoms. The second-order valence-electron chi connectivity index (χ2n) is 7.38. The van der Waals surface area contributed by atoms with Crippen molar-refractivity contribution in [3.05, 3.63) is 29.8 Å². The maximum atomic E-state index is 12.6. The molecule has 9 heteroatoms. The number of rotatable bonds is 11. The number of likely N-dealkylation sites (tertiary alicyclic amines) is 1. The molecule has 1 aromatic carbocycles. The van der Waals surface area contributed by atoms with E-state index in [9.17, 15) is 13.2 Å². The van der Waals surface area contributed by atoms with E-state index in [0.29, 0.717) is 51.9 Å². The van der Waals surface area contributed by atoms with Crippen molar-refractivity contribution in [2.45, 2.75) is 32.5 Å². The highest BCUT2D eigenvalue weighted by Gasteiger charge is 2.34. The lowest BCUT2D eigenvalue weighted by Gasteiger charge is -2.19. The fourth-order valence-corrected chi connectivity index (χ4v) is 3.32. The summed E-state index contributed by atoms with van der Waals surface area (Å²) in [6, 6.07) is 7.70. The van der Waals surface area contributed by atoms with Crippen molar-refractivity contribution in [3.63, 3.8) is 0 Å². The van der Waals surface area contributed by atoms with Gasteiger partial charge in [-0.25, -0.2) is 4.99 Å². The fourth-order valence-electron chi connectivity index (χ4n) is 3.32. The van der Waals surface area contributed by atoms with Crippen LogP contribution in [0.4, 0.5) is 13.2 Å². The van der Waals surface area contributed by atoms with Crippen LogP contribution < -0.4 is 15.4 Å². The molecule has 0 radical (unpaired) electrons. The van der Waals surface area contributed by atoms with Crippen LogP contribution in [-0.2, 0) is 11.3 Å². The topological polar surface area (TPSA) is 58.1 Å². The van der Waals surface area contributed by atoms with Gasteiger partial charge >= 0.3 is 6.18 Å². The first-order chi connectivity index (χ1) is 14.4. The SMILES string of the molecule is CCOCCCNC(=NCc1ccc(OC)cc1)NCC1CCN(CC(F)(F)F)C1. The monoisotopic (exact) mass is 430 g/mol. The Kier molecular flexibility index (Phi) is 10.2. The molecule has 0 spiro atoms. The Morgan fingerprint density at radius 1 is 1.23 bits per heavy atom. The minimum absolute atomic E-state index is 0.170. The first-order valence-electron chi connectivity index (χ1n) is 10.4. The molecule has 1 fully saturated rings. The van der Waals surface area contributed by atoms with Crippen molar-refractivity contribution < 1.29 is 22.6 Å². The average Bonchev–Trinajstić information content (AvgIpc) is 3.15. The number of aliphatic imine (C=N–C) groups is 1. The standard InChI is InChI=1S/C21H33F3N4O2/c1-3-30-12-4-10-25-20(26-13-17-5-7-19(29-2)8-6-17)27-14-18-9-11-28(15-18)16-21(22,23)24/h5-8,18H,3-4,9-16H2,1-2H3,(H2,25,26,27). The Balaban J connectivity index is 1.85. The largest absolute Gasteiger partial charge is 0.497 e. The number of methoxy groups -OCH3 is 1. The van der Waals surface area contributed by atoms with Gasteiger partial charge in [-0.2, -0.15) is 13.2 Å². The molecule has 1 heterocycles. The zero-order valence-corrected chi connectivity index (χ0v) is 17.8. The van der Waals surface area contributed by atoms with Crippen LogP contribution in [0.3, 0.4) is 0 Å². The molecule has 2 rings (SSSR count). The molecule has 0 amide bonds. The molecule has 0 aliphatic carbocycles. The van der Waals surface area contributed by atoms with E-state index in [4.69, 9.17) is 9.47 Å². The lowest BCUT2D eigenvalue weighted by atomic mass is 10.1. The van der Waals surface area contributed by atoms with Gasteiger partial charge in [0.05, 0.1) is 20.2 Å². The smallest absolute Gasteiger partial charge is 0.401 e. The molecule has 1 aromatic rings. The molecule has 0 saturated carbocycles. The second kappa shape index (κ2) is 12.6. The predicted molar refractivity (Wildman–Crippen MR) is 112 cm³/mol. The maximum absolute atomic E-state index is 12.6. The van der Waals surface area contributed by atoms with Crippen molar-refractivity contribution >= 4 is 5.96 Å². The lowest BCUT2D eigenvalue weighted by molar-refractivity contribution is -0.143. The number of alkyl halides is 3. The van der Waals surface area contributed by atoms with Crippen LogP contribution in [0.2, 0.25) is 0 Å². The van der Waals surface area contributed by atoms with Gasteiger partial charge in [-0.05, 0) is 49.9 Å². The number of hydrogen-bond acceptors (Lipinski definition) is 4. The molecule has 170 valence electrons. The Bertz CT molecular complexity index is 638. The quantitative estimate of drug-likeness (QED) is 0.321. The molecule has 1 atom stereocenters. The third-order valence-corrected chi connectivity index (χ3v) is 4.87. The molecule has 6 nitrogen and oxygen atoms in total. The van der Waals surface area contributed by atoms with Crippen LogP contribution >= 0.6 is 0 Å². The summed E-state index contributed by atoms with van der Waals surface area (Å²) in [6.45, 7) is 5.20. The van der Waals surface area contributed by atoms with E-state index >= 15 is 0 Å². The molecule has 1 aliphatic heterocycles. The van der Waals surface area contributed by atoms with E-state index in [1.807, 2.05) is 31.2 Å². The summed E-state index contributed by atoms with van der Waals surface area (Å²) in [5, 5.41) is 6.58. The molecular weight excluding hydrogens is 397 g/mol. The predicted octanol–water partition coefficient (Wildman–Crippen LogP) is 3.04. The zero-order valence-electron chi connectivity index (χ0n) is 17.8. The number of ether oxygens (including phenoxy) is 2. The van der Waals surface area contributed by atoms with Crippen molar-refractivity contribution in [2.75, 3.05) is 53.0 Å². The summed E-state index contributed by atoms with van der Waals surface area (Å²) < 4.78 is 48.3. The van der Waals surface area contributed by atoms with Gasteiger partial charge in [-0.3, -0.25) is 4.90 Å². The minimum atomic E-state index is -4.14. The van der Waals surface area contributed by atoms with Gasteiger partial charge in [0.2, 0.25) is 0 Å². The normalized spacial score (nSPS) is 17.9. The van der Waals surface area contributed by atoms with Crippen LogP contribution in [0.1, 0.15) is 25.3 Å². The molecule has 1 unspecified atom stereocenters. The Labute approximate surface area is 176 Å². The fraction of sp³-hybridized carbons (Fsp3) is 0.667. The molecule has 1 aliphatic rings. The van der Waals surface area contributed by atoms with Crippen LogP contribution in [-0.4, -0.2) is 70.1 Å². The van der Waals surface area contributed by atoms with Crippen molar-refractivity contribution in [1.82, 2.24) is 15.5 Å². The highest BCUT2D eigenvalue weighted by molar-refractivity contribution is 5.79. The highest BCUT2D eigenvalue weighted by Crippen LogP contribution is 2.22. The number of halogens is 3. The van der Waals surface area contributed by atoms with Gasteiger partial charge in [0.25, 0.3) is 0 Å². The number of nitrogens with zero attached hydrogens (tertiary/aromatic N) is 2. The number of benzene rings is 1. The van der Waals surface area contributed by atoms with Gasteiger partial charge in [-0.15, -0.1) is 0 Å². The third kappa shape index (κ3) is 9.67. The summed E-state index contributed by atoms with van der Waals surface area (Å²) >= 11 is 0. The van der Waals surface area contributed by atoms with E-state index in [2.05, 4.69) is 15.6 Å². The zero-order chi connectivity index (χ0) is 21.8. The van der Waals surface area contributed by atoms with Crippen LogP contribution in [0.15, 0.2) is 29.3 Å². The summed E-state index contributed by atoms with van der Waals surface area (Å²) in [6.07, 6.45) is -2.55. The third-order valence-electron chi connectivity index (χ3n) is 4.87. The van der Waals surface area contributed by atoms with Crippen LogP contribution in [0, 0.1) is 5.92 Å². The van der Waals surface area contributed by atoms with Gasteiger partial charge in [0.1, 0.15) is 5.75 Å². The van der Waals surface area contributed by atoms with Gasteiger partial charge < -0.3 is 20.1 Å². The van der Waals surface area contributed by atoms with Crippen molar-refractivity contribution in [2.24, 2.45) is 10.9 Å². The maximum Gasteiger partial charge on any atom is 0.401 e. The van der Waals surface area contributed by atoms with E-state index in [0.717, 1.165) is 24.2 Å². The van der Waals surface area contributed by atoms with Gasteiger partial charge in [-0.1, -0.05) is 12.1 Å². The molecule has 0 aromatic heterocycles. The van der Waals surface area contributed by atoms with Gasteiger partial charge in [0.15, 0.2) is 5.96 Å². The summed E-state index contributed by atoms with van der Waals surface area (Å²) in [5.74, 6) is 1.63. The van der Waals surface area contributed by atoms with E-state index in [1.165, 1.54) is 4.90 Å². The minimum Gasteiger partial charge on any atom is -0.497 e. The first kappa shape index (κ1) is 24.3. The van der Waals surface area contributed by atoms with Crippen LogP contribution in [0.25, 0.3) is 0 Å². The molecule has 2 N–H and O–H groups in total. The van der Waals surface area contributed by atoms with E-state index in [1.54, 1.807) is 7.11 Å². The van der Waals surface area contributed by atoms with Crippen LogP contribution in [0.5, 0.6) is 5.75 Å². The molecule has 30 heavy (non-hydrogen) atoms. The van der Waals surface area contributed by atoms with Crippen molar-refractivity contribution in [1.29, 1.82) is 0 Å².